The van der Waals surface area contributed by atoms with Gasteiger partial charge in [-0.05, 0) is 60.0 Å². The van der Waals surface area contributed by atoms with Gasteiger partial charge in [0.05, 0.1) is 45.8 Å². The van der Waals surface area contributed by atoms with Crippen molar-refractivity contribution in [3.63, 3.8) is 0 Å². The molecule has 4 aromatic rings. The van der Waals surface area contributed by atoms with E-state index in [2.05, 4.69) is 69.8 Å². The van der Waals surface area contributed by atoms with Crippen molar-refractivity contribution in [1.29, 1.82) is 0 Å². The standard InChI is InChI=1S/C38H45BrN6O5Si/c1-25-36(51(3,4)31-11-9-30(49-2)10-12-31)34(14-17-43-24-28(15-19-46)41-42-43)50-38(25)32-21-27(39)8-13-33(32)45(37(38)48)23-26-6-5-7-29(20-26)44-18-16-40-22-35(44)47/h5-13,20-21,24-25,34,36,40,46H,14-19,22-23H2,1-4H3/t25-,34+,36-,38+/m1/s1. The van der Waals surface area contributed by atoms with Crippen molar-refractivity contribution in [3.05, 3.63) is 94.2 Å². The number of anilines is 2. The summed E-state index contributed by atoms with van der Waals surface area (Å²) in [5, 5.41) is 22.4. The molecule has 13 heteroatoms. The summed E-state index contributed by atoms with van der Waals surface area (Å²) in [6.07, 6.45) is 2.72. The maximum Gasteiger partial charge on any atom is 0.264 e. The number of piperazine rings is 1. The Bertz CT molecular complexity index is 1920. The van der Waals surface area contributed by atoms with Gasteiger partial charge in [-0.25, -0.2) is 0 Å². The molecule has 2 amide bonds. The molecule has 11 nitrogen and oxygen atoms in total. The predicted molar refractivity (Wildman–Crippen MR) is 202 cm³/mol. The number of fused-ring (bicyclic) bond motifs is 2. The molecule has 51 heavy (non-hydrogen) atoms. The first-order valence-corrected chi connectivity index (χ1v) is 21.5. The maximum atomic E-state index is 15.2. The number of rotatable bonds is 11. The second-order valence-corrected chi connectivity index (χ2v) is 19.9. The Balaban J connectivity index is 1.26. The van der Waals surface area contributed by atoms with Gasteiger partial charge in [-0.2, -0.15) is 0 Å². The van der Waals surface area contributed by atoms with Crippen LogP contribution in [-0.2, 0) is 39.4 Å². The van der Waals surface area contributed by atoms with E-state index >= 15 is 4.79 Å². The third-order valence-electron chi connectivity index (χ3n) is 11.0. The summed E-state index contributed by atoms with van der Waals surface area (Å²) >= 11 is 3.71. The van der Waals surface area contributed by atoms with E-state index in [1.807, 2.05) is 69.2 Å². The minimum Gasteiger partial charge on any atom is -0.497 e. The largest absolute Gasteiger partial charge is 0.497 e. The molecule has 0 bridgehead atoms. The minimum absolute atomic E-state index is 0.0138. The summed E-state index contributed by atoms with van der Waals surface area (Å²) in [5.74, 6) is 0.629. The minimum atomic E-state index is -2.33. The molecule has 7 rings (SSSR count). The Morgan fingerprint density at radius 3 is 2.67 bits per heavy atom. The number of aliphatic hydroxyl groups is 1. The molecule has 3 aromatic carbocycles. The quantitative estimate of drug-likeness (QED) is 0.216. The molecule has 3 aliphatic rings. The van der Waals surface area contributed by atoms with Crippen LogP contribution in [0.3, 0.4) is 0 Å². The van der Waals surface area contributed by atoms with Crippen molar-refractivity contribution in [2.75, 3.05) is 43.2 Å². The molecule has 1 spiro atoms. The van der Waals surface area contributed by atoms with Crippen molar-refractivity contribution in [1.82, 2.24) is 20.3 Å². The van der Waals surface area contributed by atoms with E-state index in [0.717, 1.165) is 45.0 Å². The third kappa shape index (κ3) is 6.43. The highest BCUT2D eigenvalue weighted by Gasteiger charge is 2.66. The van der Waals surface area contributed by atoms with E-state index in [1.165, 1.54) is 5.19 Å². The molecule has 3 aliphatic heterocycles. The molecule has 2 saturated heterocycles. The lowest BCUT2D eigenvalue weighted by Gasteiger charge is -2.37. The smallest absolute Gasteiger partial charge is 0.264 e. The van der Waals surface area contributed by atoms with Crippen LogP contribution < -0.4 is 25.0 Å². The predicted octanol–water partition coefficient (Wildman–Crippen LogP) is 4.37. The van der Waals surface area contributed by atoms with Crippen LogP contribution in [-0.4, -0.2) is 79.4 Å². The number of amides is 2. The van der Waals surface area contributed by atoms with Crippen LogP contribution >= 0.6 is 15.9 Å². The summed E-state index contributed by atoms with van der Waals surface area (Å²) in [5.41, 5.74) is 3.11. The second-order valence-electron chi connectivity index (χ2n) is 14.3. The van der Waals surface area contributed by atoms with Crippen molar-refractivity contribution in [3.8, 4) is 5.75 Å². The van der Waals surface area contributed by atoms with Crippen LogP contribution in [0.2, 0.25) is 18.6 Å². The first-order chi connectivity index (χ1) is 24.6. The van der Waals surface area contributed by atoms with Crippen LogP contribution in [0.5, 0.6) is 5.75 Å². The highest BCUT2D eigenvalue weighted by molar-refractivity contribution is 9.10. The van der Waals surface area contributed by atoms with Gasteiger partial charge in [0, 0.05) is 60.5 Å². The van der Waals surface area contributed by atoms with E-state index in [1.54, 1.807) is 7.11 Å². The Kier molecular flexibility index (Phi) is 9.94. The summed E-state index contributed by atoms with van der Waals surface area (Å²) in [4.78, 5) is 31.6. The fraction of sp³-hybridized carbons (Fsp3) is 0.421. The topological polar surface area (TPSA) is 122 Å². The van der Waals surface area contributed by atoms with Crippen LogP contribution in [0.15, 0.2) is 77.4 Å². The first-order valence-electron chi connectivity index (χ1n) is 17.6. The molecule has 268 valence electrons. The van der Waals surface area contributed by atoms with Gasteiger partial charge in [-0.15, -0.1) is 5.10 Å². The summed E-state index contributed by atoms with van der Waals surface area (Å²) in [7, 11) is -0.650. The summed E-state index contributed by atoms with van der Waals surface area (Å²) in [6.45, 7) is 9.53. The Labute approximate surface area is 308 Å². The van der Waals surface area contributed by atoms with E-state index < -0.39 is 13.7 Å². The molecule has 0 aliphatic carbocycles. The number of nitrogens with one attached hydrogen (secondary N) is 1. The molecule has 0 saturated carbocycles. The molecule has 4 atom stereocenters. The van der Waals surface area contributed by atoms with Crippen molar-refractivity contribution in [2.45, 2.75) is 63.2 Å². The van der Waals surface area contributed by atoms with Crippen LogP contribution in [0.25, 0.3) is 0 Å². The fourth-order valence-electron chi connectivity index (χ4n) is 8.53. The van der Waals surface area contributed by atoms with Gasteiger partial charge in [0.2, 0.25) is 5.91 Å². The van der Waals surface area contributed by atoms with Crippen LogP contribution in [0.4, 0.5) is 11.4 Å². The molecule has 0 radical (unpaired) electrons. The monoisotopic (exact) mass is 772 g/mol. The highest BCUT2D eigenvalue weighted by Crippen LogP contribution is 2.60. The number of aromatic nitrogens is 3. The van der Waals surface area contributed by atoms with E-state index in [-0.39, 0.29) is 36.0 Å². The van der Waals surface area contributed by atoms with E-state index in [9.17, 15) is 9.90 Å². The Morgan fingerprint density at radius 2 is 1.92 bits per heavy atom. The van der Waals surface area contributed by atoms with Gasteiger partial charge in [-0.3, -0.25) is 14.3 Å². The number of nitrogens with zero attached hydrogens (tertiary/aromatic N) is 5. The molecule has 4 heterocycles. The SMILES string of the molecule is COc1ccc([Si](C)(C)[C@H]2[C@H](CCn3cc(CCO)nn3)O[C@@]3(C(=O)N(Cc4cccc(N5CCNCC5=O)c4)c4ccc(Br)cc43)[C@@H]2C)cc1. The first kappa shape index (κ1) is 35.5. The van der Waals surface area contributed by atoms with Crippen molar-refractivity contribution < 1.29 is 24.2 Å². The van der Waals surface area contributed by atoms with Gasteiger partial charge in [0.15, 0.2) is 5.60 Å². The number of methoxy groups -OCH3 is 1. The number of hydrogen-bond acceptors (Lipinski definition) is 8. The maximum absolute atomic E-state index is 15.2. The molecule has 0 unspecified atom stereocenters. The lowest BCUT2D eigenvalue weighted by Crippen LogP contribution is -2.51. The lowest BCUT2D eigenvalue weighted by molar-refractivity contribution is -0.146. The lowest BCUT2D eigenvalue weighted by atomic mass is 9.82. The Hall–Kier alpha value is -3.88. The third-order valence-corrected chi connectivity index (χ3v) is 15.9. The molecule has 2 N–H and O–H groups in total. The van der Waals surface area contributed by atoms with Gasteiger partial charge < -0.3 is 29.7 Å². The van der Waals surface area contributed by atoms with Crippen LogP contribution in [0, 0.1) is 5.92 Å². The molecule has 2 fully saturated rings. The van der Waals surface area contributed by atoms with Gasteiger partial charge in [-0.1, -0.05) is 70.6 Å². The average Bonchev–Trinajstić information content (AvgIpc) is 3.77. The number of aryl methyl sites for hydroxylation is 1. The summed E-state index contributed by atoms with van der Waals surface area (Å²) in [6, 6.07) is 22.4. The average molecular weight is 774 g/mol. The normalized spacial score (nSPS) is 23.4. The highest BCUT2D eigenvalue weighted by atomic mass is 79.9. The van der Waals surface area contributed by atoms with E-state index in [0.29, 0.717) is 39.0 Å². The van der Waals surface area contributed by atoms with Crippen molar-refractivity contribution in [2.24, 2.45) is 5.92 Å². The van der Waals surface area contributed by atoms with Gasteiger partial charge >= 0.3 is 0 Å². The molecular weight excluding hydrogens is 728 g/mol. The Morgan fingerprint density at radius 1 is 1.12 bits per heavy atom. The van der Waals surface area contributed by atoms with Crippen molar-refractivity contribution >= 4 is 52.4 Å². The fourth-order valence-corrected chi connectivity index (χ4v) is 13.0. The van der Waals surface area contributed by atoms with E-state index in [4.69, 9.17) is 9.47 Å². The zero-order chi connectivity index (χ0) is 35.9. The van der Waals surface area contributed by atoms with Crippen LogP contribution in [0.1, 0.15) is 30.2 Å². The van der Waals surface area contributed by atoms with Gasteiger partial charge in [0.25, 0.3) is 5.91 Å². The zero-order valence-corrected chi connectivity index (χ0v) is 32.1. The number of benzene rings is 3. The molecular formula is C38H45BrN6O5Si. The number of hydrogen-bond donors (Lipinski definition) is 2. The second kappa shape index (κ2) is 14.3. The number of carbonyl (C=O) groups is 2. The zero-order valence-electron chi connectivity index (χ0n) is 29.5. The number of aliphatic hydroxyl groups excluding tert-OH is 1. The number of carbonyl (C=O) groups excluding carboxylic acids is 2. The number of ether oxygens (including phenoxy) is 2. The summed E-state index contributed by atoms with van der Waals surface area (Å²) < 4.78 is 15.5. The van der Waals surface area contributed by atoms with Gasteiger partial charge in [0.1, 0.15) is 5.75 Å². The molecule has 1 aromatic heterocycles. The number of halogens is 1.